The van der Waals surface area contributed by atoms with Gasteiger partial charge in [0.05, 0.1) is 0 Å². The molecule has 0 aromatic heterocycles. The third-order valence-electron chi connectivity index (χ3n) is 2.21. The molecule has 1 aliphatic rings. The van der Waals surface area contributed by atoms with E-state index in [0.717, 1.165) is 29.9 Å². The number of hydrogen-bond donors (Lipinski definition) is 0. The van der Waals surface area contributed by atoms with Gasteiger partial charge in [0.2, 0.25) is 0 Å². The monoisotopic (exact) mass is 306 g/mol. The first-order valence-electron chi connectivity index (χ1n) is 4.69. The van der Waals surface area contributed by atoms with Crippen LogP contribution in [0.2, 0.25) is 10.6 Å². The first kappa shape index (κ1) is 9.80. The predicted molar refractivity (Wildman–Crippen MR) is 59.6 cm³/mol. The molecule has 0 nitrogen and oxygen atoms in total. The number of hydrogen-bond acceptors (Lipinski definition) is 0. The van der Waals surface area contributed by atoms with E-state index < -0.39 is 0 Å². The van der Waals surface area contributed by atoms with Crippen LogP contribution in [0.5, 0.6) is 0 Å². The molecule has 0 N–H and O–H groups in total. The molecule has 0 aliphatic carbocycles. The summed E-state index contributed by atoms with van der Waals surface area (Å²) < 4.78 is 0. The fraction of sp³-hybridized carbons (Fsp3) is 0.455. The summed E-state index contributed by atoms with van der Waals surface area (Å²) in [4.78, 5) is 0. The van der Waals surface area contributed by atoms with Crippen molar-refractivity contribution in [1.82, 2.24) is 0 Å². The Labute approximate surface area is 92.8 Å². The van der Waals surface area contributed by atoms with Crippen molar-refractivity contribution >= 4 is 29.9 Å². The Morgan fingerprint density at radius 3 is 1.92 bits per heavy atom. The van der Waals surface area contributed by atoms with E-state index in [1.54, 1.807) is 11.1 Å². The number of fused-ring (bicyclic) bond motifs is 1. The Balaban J connectivity index is 2.17. The van der Waals surface area contributed by atoms with E-state index in [9.17, 15) is 0 Å². The second-order valence-electron chi connectivity index (χ2n) is 3.23. The summed E-state index contributed by atoms with van der Waals surface area (Å²) in [5.74, 6) is 0. The summed E-state index contributed by atoms with van der Waals surface area (Å²) in [6.07, 6.45) is 1.49. The molecule has 2 heteroatoms. The molecule has 0 amide bonds. The van der Waals surface area contributed by atoms with Gasteiger partial charge in [0.15, 0.2) is 0 Å². The average Bonchev–Trinajstić information content (AvgIpc) is 2.28. The Morgan fingerprint density at radius 2 is 1.38 bits per heavy atom. The summed E-state index contributed by atoms with van der Waals surface area (Å²) in [6.45, 7) is 0. The van der Waals surface area contributed by atoms with Crippen LogP contribution in [0.15, 0.2) is 24.3 Å². The number of benzene rings is 1. The molecule has 0 radical (unpaired) electrons. The van der Waals surface area contributed by atoms with Gasteiger partial charge in [0.1, 0.15) is 0 Å². The summed E-state index contributed by atoms with van der Waals surface area (Å²) in [7, 11) is 0. The average molecular weight is 304 g/mol. The summed E-state index contributed by atoms with van der Waals surface area (Å²) in [5, 5.41) is 5.75. The van der Waals surface area contributed by atoms with Crippen LogP contribution in [0, 0.1) is 0 Å². The fourth-order valence-electron chi connectivity index (χ4n) is 1.47. The maximum atomic E-state index is 2.33. The van der Waals surface area contributed by atoms with Gasteiger partial charge in [-0.3, -0.25) is 0 Å². The fourth-order valence-corrected chi connectivity index (χ4v) is 6.57. The topological polar surface area (TPSA) is 0 Å². The van der Waals surface area contributed by atoms with E-state index in [1.807, 2.05) is 0 Å². The Bertz CT molecular complexity index is 244. The van der Waals surface area contributed by atoms with Crippen LogP contribution in [0.3, 0.4) is 0 Å². The summed E-state index contributed by atoms with van der Waals surface area (Å²) in [5.41, 5.74) is 3.29. The van der Waals surface area contributed by atoms with E-state index in [0.29, 0.717) is 0 Å². The van der Waals surface area contributed by atoms with Crippen LogP contribution in [0.25, 0.3) is 0 Å². The van der Waals surface area contributed by atoms with Crippen molar-refractivity contribution in [2.75, 3.05) is 0 Å². The van der Waals surface area contributed by atoms with Crippen LogP contribution in [-0.2, 0) is 10.6 Å². The molecule has 13 heavy (non-hydrogen) atoms. The Kier molecular flexibility index (Phi) is 3.93. The first-order valence-corrected chi connectivity index (χ1v) is 9.53. The third-order valence-corrected chi connectivity index (χ3v) is 6.80. The molecule has 0 bridgehead atoms. The number of rotatable bonds is 0. The first-order chi connectivity index (χ1) is 6.47. The summed E-state index contributed by atoms with van der Waals surface area (Å²) in [6, 6.07) is 9.05. The molecule has 1 aromatic rings. The zero-order chi connectivity index (χ0) is 8.93. The van der Waals surface area contributed by atoms with Crippen LogP contribution in [-0.4, -0.2) is 29.9 Å². The van der Waals surface area contributed by atoms with E-state index in [4.69, 9.17) is 0 Å². The molecule has 0 saturated carbocycles. The molecule has 1 aliphatic heterocycles. The van der Waals surface area contributed by atoms with Gasteiger partial charge in [-0.2, -0.15) is 0 Å². The van der Waals surface area contributed by atoms with Crippen molar-refractivity contribution in [1.29, 1.82) is 0 Å². The molecular formula is C11H14Se2. The molecule has 2 rings (SSSR count). The van der Waals surface area contributed by atoms with Crippen molar-refractivity contribution in [2.45, 2.75) is 27.7 Å². The quantitative estimate of drug-likeness (QED) is 0.645. The molecule has 0 saturated heterocycles. The van der Waals surface area contributed by atoms with Crippen molar-refractivity contribution in [3.8, 4) is 0 Å². The molecule has 0 fully saturated rings. The standard InChI is InChI=1S/C11H14Se2/c1-2-5-11-9-13-7-3-6-12-8-10(11)4-1/h1-2,4-5H,3,6-9H2. The zero-order valence-corrected chi connectivity index (χ0v) is 11.1. The predicted octanol–water partition coefficient (Wildman–Crippen LogP) is 2.34. The third kappa shape index (κ3) is 2.85. The van der Waals surface area contributed by atoms with E-state index in [1.165, 1.54) is 27.7 Å². The molecule has 0 spiro atoms. The minimum absolute atomic E-state index is 0.872. The van der Waals surface area contributed by atoms with Gasteiger partial charge < -0.3 is 0 Å². The molecule has 1 heterocycles. The SMILES string of the molecule is c1ccc2c(c1)C[Se]CCC[Se]C2. The second kappa shape index (κ2) is 5.22. The van der Waals surface area contributed by atoms with Gasteiger partial charge in [0.25, 0.3) is 0 Å². The summed E-state index contributed by atoms with van der Waals surface area (Å²) >= 11 is 1.74. The van der Waals surface area contributed by atoms with Gasteiger partial charge in [-0.05, 0) is 0 Å². The second-order valence-corrected chi connectivity index (χ2v) is 7.86. The zero-order valence-electron chi connectivity index (χ0n) is 7.66. The van der Waals surface area contributed by atoms with Gasteiger partial charge >= 0.3 is 93.0 Å². The van der Waals surface area contributed by atoms with Crippen LogP contribution >= 0.6 is 0 Å². The van der Waals surface area contributed by atoms with Gasteiger partial charge in [-0.15, -0.1) is 0 Å². The minimum atomic E-state index is 0.872. The molecular weight excluding hydrogens is 290 g/mol. The Morgan fingerprint density at radius 1 is 0.846 bits per heavy atom. The Hall–Kier alpha value is 0.259. The molecule has 0 atom stereocenters. The van der Waals surface area contributed by atoms with Crippen molar-refractivity contribution < 1.29 is 0 Å². The molecule has 1 aromatic carbocycles. The van der Waals surface area contributed by atoms with Crippen LogP contribution in [0.1, 0.15) is 17.5 Å². The van der Waals surface area contributed by atoms with Crippen LogP contribution < -0.4 is 0 Å². The van der Waals surface area contributed by atoms with Crippen LogP contribution in [0.4, 0.5) is 0 Å². The molecule has 0 unspecified atom stereocenters. The van der Waals surface area contributed by atoms with E-state index >= 15 is 0 Å². The van der Waals surface area contributed by atoms with Gasteiger partial charge in [0, 0.05) is 0 Å². The van der Waals surface area contributed by atoms with E-state index in [-0.39, 0.29) is 0 Å². The van der Waals surface area contributed by atoms with Crippen molar-refractivity contribution in [3.05, 3.63) is 35.4 Å². The van der Waals surface area contributed by atoms with E-state index in [2.05, 4.69) is 24.3 Å². The van der Waals surface area contributed by atoms with Crippen molar-refractivity contribution in [2.24, 2.45) is 0 Å². The van der Waals surface area contributed by atoms with Crippen molar-refractivity contribution in [3.63, 3.8) is 0 Å². The molecule has 70 valence electrons. The normalized spacial score (nSPS) is 18.2. The van der Waals surface area contributed by atoms with Gasteiger partial charge in [-0.1, -0.05) is 0 Å². The maximum absolute atomic E-state index is 2.33. The van der Waals surface area contributed by atoms with Gasteiger partial charge in [-0.25, -0.2) is 0 Å².